The SMILES string of the molecule is CCCCC/C=C\C/C=C\CCCCCCCC(=O)NC(CS(=O)(=O)O)C(O)/C=C/CC/C=C/CCCCCCCCCCCCCCCCC. The molecular weight excluding hydrogens is 655 g/mol. The summed E-state index contributed by atoms with van der Waals surface area (Å²) in [4.78, 5) is 12.5. The zero-order valence-electron chi connectivity index (χ0n) is 33.2. The van der Waals surface area contributed by atoms with Crippen LogP contribution in [0.25, 0.3) is 0 Å². The Morgan fingerprint density at radius 3 is 1.39 bits per heavy atom. The molecule has 0 aliphatic rings. The molecule has 2 unspecified atom stereocenters. The molecular formula is C44H81NO5S. The maximum absolute atomic E-state index is 12.5. The summed E-state index contributed by atoms with van der Waals surface area (Å²) in [6, 6.07) is -1.08. The van der Waals surface area contributed by atoms with Gasteiger partial charge in [-0.15, -0.1) is 0 Å². The van der Waals surface area contributed by atoms with Crippen LogP contribution in [0.4, 0.5) is 0 Å². The first-order valence-electron chi connectivity index (χ1n) is 21.3. The molecule has 0 saturated carbocycles. The van der Waals surface area contributed by atoms with Gasteiger partial charge in [-0.05, 0) is 64.2 Å². The van der Waals surface area contributed by atoms with Gasteiger partial charge < -0.3 is 10.4 Å². The minimum atomic E-state index is -4.36. The molecule has 51 heavy (non-hydrogen) atoms. The summed E-state index contributed by atoms with van der Waals surface area (Å²) < 4.78 is 32.5. The van der Waals surface area contributed by atoms with Gasteiger partial charge in [-0.2, -0.15) is 8.42 Å². The van der Waals surface area contributed by atoms with Gasteiger partial charge in [0.2, 0.25) is 5.91 Å². The lowest BCUT2D eigenvalue weighted by molar-refractivity contribution is -0.122. The van der Waals surface area contributed by atoms with Crippen molar-refractivity contribution in [3.05, 3.63) is 48.6 Å². The lowest BCUT2D eigenvalue weighted by Crippen LogP contribution is -2.46. The molecule has 0 aromatic carbocycles. The fourth-order valence-corrected chi connectivity index (χ4v) is 6.99. The van der Waals surface area contributed by atoms with Crippen LogP contribution in [-0.2, 0) is 14.9 Å². The van der Waals surface area contributed by atoms with Gasteiger partial charge in [0.15, 0.2) is 0 Å². The zero-order valence-corrected chi connectivity index (χ0v) is 34.0. The van der Waals surface area contributed by atoms with E-state index in [1.165, 1.54) is 128 Å². The molecule has 0 rings (SSSR count). The third kappa shape index (κ3) is 39.3. The molecule has 0 aliphatic carbocycles. The van der Waals surface area contributed by atoms with Crippen molar-refractivity contribution in [2.45, 2.75) is 219 Å². The molecule has 0 fully saturated rings. The maximum atomic E-state index is 12.5. The Hall–Kier alpha value is -1.70. The van der Waals surface area contributed by atoms with Crippen LogP contribution in [0.1, 0.15) is 206 Å². The molecule has 298 valence electrons. The topological polar surface area (TPSA) is 104 Å². The molecule has 2 atom stereocenters. The molecule has 3 N–H and O–H groups in total. The fourth-order valence-electron chi connectivity index (χ4n) is 6.26. The Labute approximate surface area is 316 Å². The number of aliphatic hydroxyl groups is 1. The zero-order chi connectivity index (χ0) is 37.5. The van der Waals surface area contributed by atoms with Crippen molar-refractivity contribution in [1.29, 1.82) is 0 Å². The van der Waals surface area contributed by atoms with Crippen LogP contribution in [-0.4, -0.2) is 41.9 Å². The van der Waals surface area contributed by atoms with Crippen molar-refractivity contribution in [1.82, 2.24) is 5.32 Å². The summed E-state index contributed by atoms with van der Waals surface area (Å²) in [5.41, 5.74) is 0. The van der Waals surface area contributed by atoms with Crippen molar-refractivity contribution in [3.63, 3.8) is 0 Å². The number of hydrogen-bond donors (Lipinski definition) is 3. The Morgan fingerprint density at radius 2 is 0.902 bits per heavy atom. The number of rotatable bonds is 38. The van der Waals surface area contributed by atoms with Gasteiger partial charge in [-0.1, -0.05) is 184 Å². The highest BCUT2D eigenvalue weighted by Crippen LogP contribution is 2.14. The number of aliphatic hydroxyl groups excluding tert-OH is 1. The van der Waals surface area contributed by atoms with E-state index in [-0.39, 0.29) is 12.3 Å². The summed E-state index contributed by atoms with van der Waals surface area (Å²) >= 11 is 0. The number of nitrogens with one attached hydrogen (secondary N) is 1. The first-order valence-corrected chi connectivity index (χ1v) is 22.9. The monoisotopic (exact) mass is 736 g/mol. The highest BCUT2D eigenvalue weighted by atomic mass is 32.2. The van der Waals surface area contributed by atoms with Crippen molar-refractivity contribution in [2.24, 2.45) is 0 Å². The smallest absolute Gasteiger partial charge is 0.267 e. The van der Waals surface area contributed by atoms with Gasteiger partial charge in [-0.3, -0.25) is 9.35 Å². The Morgan fingerprint density at radius 1 is 0.529 bits per heavy atom. The number of carbonyl (C=O) groups is 1. The number of unbranched alkanes of at least 4 members (excludes halogenated alkanes) is 24. The minimum absolute atomic E-state index is 0.271. The predicted molar refractivity (Wildman–Crippen MR) is 221 cm³/mol. The van der Waals surface area contributed by atoms with Crippen LogP contribution in [0.15, 0.2) is 48.6 Å². The second-order valence-corrected chi connectivity index (χ2v) is 16.1. The van der Waals surface area contributed by atoms with E-state index < -0.39 is 28.0 Å². The standard InChI is InChI=1S/C44H81NO5S/c1-3-5-7-9-11-13-15-17-19-20-21-22-23-24-26-27-29-31-33-35-37-39-43(46)42(41-51(48,49)50)45-44(47)40-38-36-34-32-30-28-25-18-16-14-12-10-8-6-4-2/h12,14,18,25,29,31,37,39,42-43,46H,3-11,13,15-17,19-24,26-28,30,32-36,38,40-41H2,1-2H3,(H,45,47)(H,48,49,50)/b14-12-,25-18-,31-29+,39-37+. The van der Waals surface area contributed by atoms with E-state index in [9.17, 15) is 22.9 Å². The van der Waals surface area contributed by atoms with E-state index in [1.807, 2.05) is 6.08 Å². The number of hydrogen-bond acceptors (Lipinski definition) is 4. The minimum Gasteiger partial charge on any atom is -0.387 e. The summed E-state index contributed by atoms with van der Waals surface area (Å²) in [6.07, 6.45) is 51.0. The molecule has 7 heteroatoms. The Balaban J connectivity index is 3.96. The number of carbonyl (C=O) groups excluding carboxylic acids is 1. The van der Waals surface area contributed by atoms with Gasteiger partial charge in [-0.25, -0.2) is 0 Å². The summed E-state index contributed by atoms with van der Waals surface area (Å²) in [6.45, 7) is 4.50. The molecule has 0 aromatic rings. The largest absolute Gasteiger partial charge is 0.387 e. The lowest BCUT2D eigenvalue weighted by Gasteiger charge is -2.21. The average Bonchev–Trinajstić information content (AvgIpc) is 3.09. The van der Waals surface area contributed by atoms with E-state index in [0.717, 1.165) is 51.4 Å². The van der Waals surface area contributed by atoms with Crippen LogP contribution in [0, 0.1) is 0 Å². The maximum Gasteiger partial charge on any atom is 0.267 e. The van der Waals surface area contributed by atoms with Gasteiger partial charge in [0.25, 0.3) is 10.1 Å². The normalized spacial score (nSPS) is 13.7. The fraction of sp³-hybridized carbons (Fsp3) is 0.795. The summed E-state index contributed by atoms with van der Waals surface area (Å²) in [5.74, 6) is -1.02. The Kier molecular flexibility index (Phi) is 36.8. The summed E-state index contributed by atoms with van der Waals surface area (Å²) in [5, 5.41) is 13.2. The third-order valence-corrected chi connectivity index (χ3v) is 10.3. The van der Waals surface area contributed by atoms with E-state index in [1.54, 1.807) is 0 Å². The second-order valence-electron chi connectivity index (χ2n) is 14.6. The van der Waals surface area contributed by atoms with Crippen molar-refractivity contribution >= 4 is 16.0 Å². The van der Waals surface area contributed by atoms with Gasteiger partial charge in [0.1, 0.15) is 0 Å². The van der Waals surface area contributed by atoms with E-state index >= 15 is 0 Å². The lowest BCUT2D eigenvalue weighted by atomic mass is 10.0. The average molecular weight is 736 g/mol. The number of amides is 1. The molecule has 6 nitrogen and oxygen atoms in total. The molecule has 0 heterocycles. The van der Waals surface area contributed by atoms with Crippen LogP contribution < -0.4 is 5.32 Å². The van der Waals surface area contributed by atoms with E-state index in [2.05, 4.69) is 55.6 Å². The van der Waals surface area contributed by atoms with Gasteiger partial charge in [0.05, 0.1) is 17.9 Å². The molecule has 0 aromatic heterocycles. The molecule has 0 spiro atoms. The van der Waals surface area contributed by atoms with Crippen molar-refractivity contribution in [3.8, 4) is 0 Å². The molecule has 0 saturated heterocycles. The van der Waals surface area contributed by atoms with Crippen LogP contribution in [0.3, 0.4) is 0 Å². The summed E-state index contributed by atoms with van der Waals surface area (Å²) in [7, 11) is -4.36. The van der Waals surface area contributed by atoms with E-state index in [4.69, 9.17) is 0 Å². The first kappa shape index (κ1) is 49.3. The Bertz CT molecular complexity index is 987. The van der Waals surface area contributed by atoms with Crippen LogP contribution in [0.2, 0.25) is 0 Å². The van der Waals surface area contributed by atoms with Crippen LogP contribution >= 0.6 is 0 Å². The quantitative estimate of drug-likeness (QED) is 0.0333. The molecule has 0 radical (unpaired) electrons. The highest BCUT2D eigenvalue weighted by Gasteiger charge is 2.24. The predicted octanol–water partition coefficient (Wildman–Crippen LogP) is 12.7. The van der Waals surface area contributed by atoms with Gasteiger partial charge in [0, 0.05) is 6.42 Å². The first-order chi connectivity index (χ1) is 24.8. The highest BCUT2D eigenvalue weighted by molar-refractivity contribution is 7.85. The molecule has 1 amide bonds. The van der Waals surface area contributed by atoms with Gasteiger partial charge >= 0.3 is 0 Å². The van der Waals surface area contributed by atoms with E-state index in [0.29, 0.717) is 12.8 Å². The van der Waals surface area contributed by atoms with Crippen molar-refractivity contribution in [2.75, 3.05) is 5.75 Å². The molecule has 0 aliphatic heterocycles. The van der Waals surface area contributed by atoms with Crippen LogP contribution in [0.5, 0.6) is 0 Å². The number of allylic oxidation sites excluding steroid dienone is 7. The third-order valence-electron chi connectivity index (χ3n) is 9.48. The molecule has 0 bridgehead atoms. The van der Waals surface area contributed by atoms with Crippen molar-refractivity contribution < 1.29 is 22.9 Å². The second kappa shape index (κ2) is 38.0.